The summed E-state index contributed by atoms with van der Waals surface area (Å²) in [6.07, 6.45) is 2.55. The summed E-state index contributed by atoms with van der Waals surface area (Å²) in [4.78, 5) is 19.0. The zero-order valence-electron chi connectivity index (χ0n) is 7.63. The van der Waals surface area contributed by atoms with Gasteiger partial charge >= 0.3 is 0 Å². The number of amides is 1. The Kier molecular flexibility index (Phi) is 2.54. The number of carbonyl (C=O) groups is 1. The van der Waals surface area contributed by atoms with Gasteiger partial charge in [-0.15, -0.1) is 0 Å². The van der Waals surface area contributed by atoms with Crippen LogP contribution in [0.25, 0.3) is 0 Å². The highest BCUT2D eigenvalue weighted by Gasteiger charge is 2.46. The quantitative estimate of drug-likeness (QED) is 0.769. The van der Waals surface area contributed by atoms with Crippen molar-refractivity contribution in [2.45, 2.75) is 18.4 Å². The summed E-state index contributed by atoms with van der Waals surface area (Å²) in [6.45, 7) is 0. The van der Waals surface area contributed by atoms with Gasteiger partial charge in [-0.25, -0.2) is 9.97 Å². The van der Waals surface area contributed by atoms with Crippen molar-refractivity contribution in [1.29, 1.82) is 0 Å². The van der Waals surface area contributed by atoms with Crippen LogP contribution in [-0.2, 0) is 4.79 Å². The maximum Gasteiger partial charge on any atom is 0.244 e. The van der Waals surface area contributed by atoms with Gasteiger partial charge in [-0.1, -0.05) is 23.2 Å². The van der Waals surface area contributed by atoms with E-state index in [0.717, 1.165) is 0 Å². The second-order valence-electron chi connectivity index (χ2n) is 3.44. The zero-order valence-corrected chi connectivity index (χ0v) is 9.14. The molecule has 15 heavy (non-hydrogen) atoms. The van der Waals surface area contributed by atoms with Crippen LogP contribution in [0.4, 0.5) is 5.69 Å². The van der Waals surface area contributed by atoms with Crippen LogP contribution in [0.5, 0.6) is 0 Å². The van der Waals surface area contributed by atoms with Crippen LogP contribution in [0, 0.1) is 0 Å². The normalized spacial score (nSPS) is 17.3. The van der Waals surface area contributed by atoms with Gasteiger partial charge in [0.15, 0.2) is 10.3 Å². The third-order valence-electron chi connectivity index (χ3n) is 2.23. The molecular weight excluding hydrogens is 239 g/mol. The largest absolute Gasteiger partial charge is 0.319 e. The number of rotatable bonds is 2. The van der Waals surface area contributed by atoms with Crippen LogP contribution < -0.4 is 11.1 Å². The summed E-state index contributed by atoms with van der Waals surface area (Å²) in [5.74, 6) is -0.305. The molecule has 1 amide bonds. The molecule has 0 spiro atoms. The van der Waals surface area contributed by atoms with Gasteiger partial charge < -0.3 is 11.1 Å². The molecule has 1 aromatic rings. The summed E-state index contributed by atoms with van der Waals surface area (Å²) >= 11 is 11.5. The molecular formula is C8H8Cl2N4O. The zero-order chi connectivity index (χ0) is 11.1. The molecule has 0 unspecified atom stereocenters. The molecule has 1 fully saturated rings. The second-order valence-corrected chi connectivity index (χ2v) is 4.16. The van der Waals surface area contributed by atoms with Crippen molar-refractivity contribution in [3.63, 3.8) is 0 Å². The van der Waals surface area contributed by atoms with E-state index in [9.17, 15) is 4.79 Å². The standard InChI is InChI=1S/C8H8Cl2N4O/c9-5-4(6(10)13-3-12-5)14-7(15)8(11)1-2-8/h3H,1-2,11H2,(H,14,15). The molecule has 0 aliphatic heterocycles. The highest BCUT2D eigenvalue weighted by Crippen LogP contribution is 2.35. The van der Waals surface area contributed by atoms with Crippen molar-refractivity contribution in [1.82, 2.24) is 9.97 Å². The lowest BCUT2D eigenvalue weighted by Crippen LogP contribution is -2.38. The average molecular weight is 247 g/mol. The molecule has 80 valence electrons. The number of hydrogen-bond donors (Lipinski definition) is 2. The SMILES string of the molecule is NC1(C(=O)Nc2c(Cl)ncnc2Cl)CC1. The molecule has 0 saturated heterocycles. The lowest BCUT2D eigenvalue weighted by Gasteiger charge is -2.11. The van der Waals surface area contributed by atoms with Crippen LogP contribution in [0.2, 0.25) is 10.3 Å². The van der Waals surface area contributed by atoms with Gasteiger partial charge in [0.05, 0.1) is 5.54 Å². The summed E-state index contributed by atoms with van der Waals surface area (Å²) in [5.41, 5.74) is 5.13. The number of nitrogens with one attached hydrogen (secondary N) is 1. The Hall–Kier alpha value is -0.910. The highest BCUT2D eigenvalue weighted by molar-refractivity contribution is 6.38. The fraction of sp³-hybridized carbons (Fsp3) is 0.375. The van der Waals surface area contributed by atoms with E-state index < -0.39 is 5.54 Å². The smallest absolute Gasteiger partial charge is 0.244 e. The van der Waals surface area contributed by atoms with Crippen LogP contribution in [-0.4, -0.2) is 21.4 Å². The van der Waals surface area contributed by atoms with Crippen LogP contribution in [0.3, 0.4) is 0 Å². The number of aromatic nitrogens is 2. The summed E-state index contributed by atoms with van der Waals surface area (Å²) in [5, 5.41) is 2.74. The van der Waals surface area contributed by atoms with Crippen molar-refractivity contribution in [3.05, 3.63) is 16.6 Å². The van der Waals surface area contributed by atoms with Gasteiger partial charge in [-0.3, -0.25) is 4.79 Å². The highest BCUT2D eigenvalue weighted by atomic mass is 35.5. The van der Waals surface area contributed by atoms with Crippen molar-refractivity contribution < 1.29 is 4.79 Å². The average Bonchev–Trinajstić information content (AvgIpc) is 2.91. The molecule has 0 radical (unpaired) electrons. The van der Waals surface area contributed by atoms with E-state index in [2.05, 4.69) is 15.3 Å². The lowest BCUT2D eigenvalue weighted by molar-refractivity contribution is -0.118. The summed E-state index contributed by atoms with van der Waals surface area (Å²) in [7, 11) is 0. The summed E-state index contributed by atoms with van der Waals surface area (Å²) < 4.78 is 0. The maximum absolute atomic E-state index is 11.6. The molecule has 1 aromatic heterocycles. The van der Waals surface area contributed by atoms with Crippen LogP contribution in [0.15, 0.2) is 6.33 Å². The van der Waals surface area contributed by atoms with E-state index in [4.69, 9.17) is 28.9 Å². The first-order chi connectivity index (χ1) is 7.03. The number of nitrogens with two attached hydrogens (primary N) is 1. The number of hydrogen-bond acceptors (Lipinski definition) is 4. The van der Waals surface area contributed by atoms with Gasteiger partial charge in [0.1, 0.15) is 12.0 Å². The maximum atomic E-state index is 11.6. The molecule has 0 aromatic carbocycles. The van der Waals surface area contributed by atoms with E-state index in [1.165, 1.54) is 6.33 Å². The van der Waals surface area contributed by atoms with E-state index in [1.807, 2.05) is 0 Å². The van der Waals surface area contributed by atoms with Gasteiger partial charge in [-0.2, -0.15) is 0 Å². The minimum atomic E-state index is -0.775. The predicted octanol–water partition coefficient (Wildman–Crippen LogP) is 1.21. The van der Waals surface area contributed by atoms with E-state index in [1.54, 1.807) is 0 Å². The molecule has 1 aliphatic carbocycles. The van der Waals surface area contributed by atoms with Gasteiger partial charge in [0.2, 0.25) is 5.91 Å². The minimum absolute atomic E-state index is 0.104. The van der Waals surface area contributed by atoms with Crippen molar-refractivity contribution in [3.8, 4) is 0 Å². The predicted molar refractivity (Wildman–Crippen MR) is 56.8 cm³/mol. The number of halogens is 2. The Morgan fingerprint density at radius 2 is 1.93 bits per heavy atom. The lowest BCUT2D eigenvalue weighted by atomic mass is 10.2. The van der Waals surface area contributed by atoms with E-state index >= 15 is 0 Å². The van der Waals surface area contributed by atoms with E-state index in [0.29, 0.717) is 12.8 Å². The van der Waals surface area contributed by atoms with Crippen LogP contribution >= 0.6 is 23.2 Å². The number of carbonyl (C=O) groups excluding carboxylic acids is 1. The third-order valence-corrected chi connectivity index (χ3v) is 2.81. The molecule has 7 heteroatoms. The van der Waals surface area contributed by atoms with Crippen molar-refractivity contribution in [2.24, 2.45) is 5.73 Å². The molecule has 1 aliphatic rings. The summed E-state index contributed by atoms with van der Waals surface area (Å²) in [6, 6.07) is 0. The fourth-order valence-electron chi connectivity index (χ4n) is 1.05. The third kappa shape index (κ3) is 2.04. The van der Waals surface area contributed by atoms with Crippen molar-refractivity contribution in [2.75, 3.05) is 5.32 Å². The van der Waals surface area contributed by atoms with Crippen molar-refractivity contribution >= 4 is 34.8 Å². The topological polar surface area (TPSA) is 80.9 Å². The van der Waals surface area contributed by atoms with Crippen LogP contribution in [0.1, 0.15) is 12.8 Å². The first-order valence-corrected chi connectivity index (χ1v) is 5.05. The fourth-order valence-corrected chi connectivity index (χ4v) is 1.46. The second kappa shape index (κ2) is 3.59. The van der Waals surface area contributed by atoms with Gasteiger partial charge in [0, 0.05) is 0 Å². The molecule has 3 N–H and O–H groups in total. The van der Waals surface area contributed by atoms with Gasteiger partial charge in [0.25, 0.3) is 0 Å². The molecule has 2 rings (SSSR count). The molecule has 1 saturated carbocycles. The Labute approximate surface area is 96.0 Å². The Bertz CT molecular complexity index is 399. The number of nitrogens with zero attached hydrogens (tertiary/aromatic N) is 2. The molecule has 0 bridgehead atoms. The molecule has 0 atom stereocenters. The Balaban J connectivity index is 2.20. The van der Waals surface area contributed by atoms with E-state index in [-0.39, 0.29) is 21.9 Å². The minimum Gasteiger partial charge on any atom is -0.319 e. The molecule has 1 heterocycles. The Morgan fingerprint density at radius 1 is 1.40 bits per heavy atom. The molecule has 5 nitrogen and oxygen atoms in total. The number of anilines is 1. The van der Waals surface area contributed by atoms with Gasteiger partial charge in [-0.05, 0) is 12.8 Å². The first kappa shape index (κ1) is 10.6. The monoisotopic (exact) mass is 246 g/mol. The Morgan fingerprint density at radius 3 is 2.40 bits per heavy atom. The first-order valence-electron chi connectivity index (χ1n) is 4.29.